The molecule has 3 aromatic heterocycles. The Hall–Kier alpha value is -11.3. The molecule has 0 unspecified atom stereocenters. The number of Topliss-reactive ketones (excluding diaryl/α,β-unsaturated/α-hetero) is 2. The summed E-state index contributed by atoms with van der Waals surface area (Å²) in [5.41, 5.74) is 17.7. The van der Waals surface area contributed by atoms with Crippen LogP contribution in [-0.4, -0.2) is 136 Å². The minimum absolute atomic E-state index is 0.0746. The average Bonchev–Trinajstić information content (AvgIpc) is 1.64. The zero-order chi connectivity index (χ0) is 72.6. The summed E-state index contributed by atoms with van der Waals surface area (Å²) in [6.07, 6.45) is 8.30. The molecule has 8 heterocycles. The molecule has 5 aliphatic heterocycles. The number of anilines is 6. The number of hydrogen-bond acceptors (Lipinski definition) is 15. The number of benzene rings is 6. The number of aliphatic hydroxyl groups excluding tert-OH is 3. The number of ketones is 2. The Balaban J connectivity index is 0.000000146. The van der Waals surface area contributed by atoms with Gasteiger partial charge in [0.05, 0.1) is 36.9 Å². The van der Waals surface area contributed by atoms with E-state index >= 15 is 0 Å². The van der Waals surface area contributed by atoms with E-state index in [0.717, 1.165) is 72.3 Å². The number of unbranched alkanes of at least 4 members (excludes halogenated alkanes) is 1. The predicted molar refractivity (Wildman–Crippen MR) is 388 cm³/mol. The van der Waals surface area contributed by atoms with Gasteiger partial charge in [0.15, 0.2) is 17.3 Å². The summed E-state index contributed by atoms with van der Waals surface area (Å²) in [5, 5.41) is 44.2. The van der Waals surface area contributed by atoms with Crippen LogP contribution in [0.25, 0.3) is 17.1 Å². The fraction of sp³-hybridized carbons (Fsp3) is 0.299. The second kappa shape index (κ2) is 31.7. The maximum atomic E-state index is 13.7. The molecule has 0 bridgehead atoms. The third-order valence-corrected chi connectivity index (χ3v) is 19.2. The van der Waals surface area contributed by atoms with Crippen molar-refractivity contribution in [2.75, 3.05) is 68.4 Å². The number of nitrogens with one attached hydrogen (secondary N) is 1. The first-order chi connectivity index (χ1) is 49.9. The second-order valence-electron chi connectivity index (χ2n) is 25.6. The van der Waals surface area contributed by atoms with E-state index in [4.69, 9.17) is 17.3 Å². The first-order valence-electron chi connectivity index (χ1n) is 34.4. The van der Waals surface area contributed by atoms with Crippen LogP contribution in [0.3, 0.4) is 0 Å². The number of hydrogen-bond donors (Lipinski definition) is 5. The van der Waals surface area contributed by atoms with Crippen molar-refractivity contribution in [3.05, 3.63) is 213 Å². The summed E-state index contributed by atoms with van der Waals surface area (Å²) in [5.74, 6) is -1.11. The van der Waals surface area contributed by atoms with E-state index in [2.05, 4.69) is 20.6 Å². The summed E-state index contributed by atoms with van der Waals surface area (Å²) >= 11 is 5.66. The third-order valence-electron chi connectivity index (χ3n) is 18.9. The zero-order valence-corrected chi connectivity index (χ0v) is 57.9. The van der Waals surface area contributed by atoms with Crippen LogP contribution in [0.2, 0.25) is 0 Å². The Morgan fingerprint density at radius 2 is 0.718 bits per heavy atom. The van der Waals surface area contributed by atoms with E-state index in [0.29, 0.717) is 156 Å². The average molecular weight is 1410 g/mol. The van der Waals surface area contributed by atoms with Crippen LogP contribution in [0.1, 0.15) is 168 Å². The van der Waals surface area contributed by atoms with Crippen molar-refractivity contribution in [1.82, 2.24) is 29.3 Å². The Kier molecular flexibility index (Phi) is 22.1. The SMILES string of the molecule is CC(=O)c1nn(-c2ccc(CO)cc2)c2c1CCN(c1ccc(N3CCCCC3=O)cc1)C2=O.CC(=O)c1nn(-c2ccc(CO)cc2)c2c1CCN(c1ccc(NC(=O)CCCCCl)cc1)C2=O.NC(=O)c1nn(-c2ccc(CO)cc2)c2c1CCN(c1ccc(N3CCCCC3=O)cc1)C2=O. The molecule has 0 spiro atoms. The minimum Gasteiger partial charge on any atom is -0.392 e. The number of rotatable bonds is 19. The highest BCUT2D eigenvalue weighted by Gasteiger charge is 2.38. The molecule has 2 fully saturated rings. The molecule has 0 atom stereocenters. The summed E-state index contributed by atoms with van der Waals surface area (Å²) in [7, 11) is 0. The van der Waals surface area contributed by atoms with Crippen molar-refractivity contribution < 1.29 is 58.5 Å². The van der Waals surface area contributed by atoms with Crippen LogP contribution in [-0.2, 0) is 53.5 Å². The third kappa shape index (κ3) is 15.2. The highest BCUT2D eigenvalue weighted by Crippen LogP contribution is 2.35. The van der Waals surface area contributed by atoms with Gasteiger partial charge in [-0.3, -0.25) is 43.2 Å². The van der Waals surface area contributed by atoms with Crippen molar-refractivity contribution in [2.45, 2.75) is 111 Å². The summed E-state index contributed by atoms with van der Waals surface area (Å²) in [6.45, 7) is 5.27. The smallest absolute Gasteiger partial charge is 0.277 e. The van der Waals surface area contributed by atoms with Crippen LogP contribution in [0, 0.1) is 0 Å². The van der Waals surface area contributed by atoms with Gasteiger partial charge in [-0.05, 0) is 184 Å². The summed E-state index contributed by atoms with van der Waals surface area (Å²) in [4.78, 5) is 123. The Morgan fingerprint density at radius 1 is 0.408 bits per heavy atom. The largest absolute Gasteiger partial charge is 0.392 e. The molecule has 6 N–H and O–H groups in total. The highest BCUT2D eigenvalue weighted by atomic mass is 35.5. The summed E-state index contributed by atoms with van der Waals surface area (Å²) < 4.78 is 4.49. The standard InChI is InChI=1S/C26H27ClN4O4.C26H26N4O4.C25H25N5O4/c1-17(33)24-22-13-15-30(20-11-7-19(8-12-20)28-23(34)4-2-3-14-27)26(35)25(22)31(29-24)21-9-5-18(16-32)6-10-21;1-17(32)24-22-13-15-29(20-11-9-19(10-12-20)28-14-3-2-4-23(28)33)26(34)25(22)30(27-24)21-7-5-18(16-31)6-8-21;26-24(33)22-20-12-14-29(18-10-8-17(9-11-18)28-13-2-1-3-21(28)32)25(34)23(20)30(27-22)19-6-4-16(15-31)5-7-19/h5-12,32H,2-4,13-16H2,1H3,(H,28,34);5-12,31H,2-4,13-16H2,1H3;4-11,31H,1-3,12-15H2,(H2,26,33). The number of carbonyl (C=O) groups excluding carboxylic acids is 9. The molecule has 25 nitrogen and oxygen atoms in total. The Bertz CT molecular complexity index is 4500. The van der Waals surface area contributed by atoms with Gasteiger partial charge in [-0.25, -0.2) is 14.0 Å². The molecule has 2 saturated heterocycles. The van der Waals surface area contributed by atoms with E-state index in [9.17, 15) is 58.5 Å². The van der Waals surface area contributed by atoms with E-state index in [1.54, 1.807) is 122 Å². The van der Waals surface area contributed by atoms with Gasteiger partial charge < -0.3 is 50.9 Å². The molecule has 0 saturated carbocycles. The fourth-order valence-corrected chi connectivity index (χ4v) is 13.7. The number of nitrogens with zero attached hydrogens (tertiary/aromatic N) is 11. The number of aromatic nitrogens is 6. The van der Waals surface area contributed by atoms with Crippen LogP contribution < -0.4 is 35.6 Å². The van der Waals surface area contributed by atoms with Gasteiger partial charge in [0.25, 0.3) is 23.6 Å². The molecule has 26 heteroatoms. The van der Waals surface area contributed by atoms with E-state index in [1.807, 2.05) is 48.5 Å². The van der Waals surface area contributed by atoms with E-state index in [-0.39, 0.29) is 72.5 Å². The number of carbonyl (C=O) groups is 9. The maximum Gasteiger partial charge on any atom is 0.277 e. The van der Waals surface area contributed by atoms with Gasteiger partial charge >= 0.3 is 0 Å². The van der Waals surface area contributed by atoms with Gasteiger partial charge in [-0.2, -0.15) is 15.3 Å². The number of halogens is 1. The number of nitrogens with two attached hydrogens (primary N) is 1. The lowest BCUT2D eigenvalue weighted by atomic mass is 10.0. The van der Waals surface area contributed by atoms with E-state index < -0.39 is 5.91 Å². The van der Waals surface area contributed by atoms with Gasteiger partial charge in [-0.15, -0.1) is 11.6 Å². The van der Waals surface area contributed by atoms with Crippen LogP contribution in [0.15, 0.2) is 146 Å². The van der Waals surface area contributed by atoms with Gasteiger partial charge in [0.1, 0.15) is 28.5 Å². The summed E-state index contributed by atoms with van der Waals surface area (Å²) in [6, 6.07) is 43.1. The normalized spacial score (nSPS) is 15.0. The molecule has 530 valence electrons. The number of primary amides is 1. The molecule has 0 radical (unpaired) electrons. The Morgan fingerprint density at radius 3 is 1.03 bits per heavy atom. The zero-order valence-electron chi connectivity index (χ0n) is 57.1. The molecule has 9 aromatic rings. The molecule has 7 amide bonds. The number of amides is 7. The molecule has 6 aromatic carbocycles. The van der Waals surface area contributed by atoms with Crippen molar-refractivity contribution in [3.8, 4) is 17.1 Å². The number of alkyl halides is 1. The molecule has 5 aliphatic rings. The van der Waals surface area contributed by atoms with Crippen LogP contribution >= 0.6 is 11.6 Å². The van der Waals surface area contributed by atoms with Gasteiger partial charge in [-0.1, -0.05) is 36.4 Å². The van der Waals surface area contributed by atoms with Crippen molar-refractivity contribution in [3.63, 3.8) is 0 Å². The maximum absolute atomic E-state index is 13.7. The first-order valence-corrected chi connectivity index (χ1v) is 34.9. The van der Waals surface area contributed by atoms with Gasteiger partial charge in [0, 0.05) is 123 Å². The predicted octanol–water partition coefficient (Wildman–Crippen LogP) is 9.59. The lowest BCUT2D eigenvalue weighted by Gasteiger charge is -2.29. The van der Waals surface area contributed by atoms with Gasteiger partial charge in [0.2, 0.25) is 17.7 Å². The molecular formula is C77H78ClN13O12. The monoisotopic (exact) mass is 1410 g/mol. The molecular weight excluding hydrogens is 1330 g/mol. The van der Waals surface area contributed by atoms with Crippen LogP contribution in [0.4, 0.5) is 34.1 Å². The highest BCUT2D eigenvalue weighted by molar-refractivity contribution is 6.18. The number of fused-ring (bicyclic) bond motifs is 3. The molecule has 0 aliphatic carbocycles. The number of piperidine rings is 2. The topological polar surface area (TPSA) is 322 Å². The van der Waals surface area contributed by atoms with Crippen molar-refractivity contribution in [2.24, 2.45) is 5.73 Å². The second-order valence-corrected chi connectivity index (χ2v) is 26.0. The van der Waals surface area contributed by atoms with Crippen molar-refractivity contribution >= 4 is 98.6 Å². The first kappa shape index (κ1) is 71.6. The quantitative estimate of drug-likeness (QED) is 0.0286. The van der Waals surface area contributed by atoms with Crippen LogP contribution in [0.5, 0.6) is 0 Å². The molecule has 14 rings (SSSR count). The lowest BCUT2D eigenvalue weighted by molar-refractivity contribution is -0.120. The van der Waals surface area contributed by atoms with E-state index in [1.165, 1.54) is 27.9 Å². The van der Waals surface area contributed by atoms with Crippen molar-refractivity contribution in [1.29, 1.82) is 0 Å². The number of aliphatic hydroxyl groups is 3. The molecule has 103 heavy (non-hydrogen) atoms. The minimum atomic E-state index is -0.682. The fourth-order valence-electron chi connectivity index (χ4n) is 13.5. The lowest BCUT2D eigenvalue weighted by Crippen LogP contribution is -2.39. The Labute approximate surface area is 598 Å².